The van der Waals surface area contributed by atoms with Gasteiger partial charge < -0.3 is 5.32 Å². The molecule has 1 heterocycles. The Morgan fingerprint density at radius 1 is 1.22 bits per heavy atom. The molecule has 3 unspecified atom stereocenters. The van der Waals surface area contributed by atoms with Crippen LogP contribution in [0, 0.1) is 5.92 Å². The normalized spacial score (nSPS) is 33.7. The second kappa shape index (κ2) is 6.35. The van der Waals surface area contributed by atoms with Crippen LogP contribution in [0.5, 0.6) is 0 Å². The van der Waals surface area contributed by atoms with Gasteiger partial charge in [0.15, 0.2) is 0 Å². The van der Waals surface area contributed by atoms with Crippen LogP contribution in [-0.2, 0) is 10.0 Å². The van der Waals surface area contributed by atoms with Gasteiger partial charge in [0.1, 0.15) is 0 Å². The molecule has 0 aromatic rings. The standard InChI is InChI=1S/C13H26N2O2S/c1-2-11-5-3-6-12(9-11)15-18(16,17)10-13-7-4-8-14-13/h11-15H,2-10H2,1H3. The van der Waals surface area contributed by atoms with Gasteiger partial charge in [-0.05, 0) is 38.1 Å². The topological polar surface area (TPSA) is 58.2 Å². The van der Waals surface area contributed by atoms with Gasteiger partial charge in [-0.25, -0.2) is 13.1 Å². The Kier molecular flexibility index (Phi) is 5.04. The lowest BCUT2D eigenvalue weighted by molar-refractivity contribution is 0.301. The zero-order valence-corrected chi connectivity index (χ0v) is 12.1. The molecule has 2 fully saturated rings. The van der Waals surface area contributed by atoms with Gasteiger partial charge in [-0.2, -0.15) is 0 Å². The fourth-order valence-electron chi connectivity index (χ4n) is 3.23. The van der Waals surface area contributed by atoms with E-state index in [0.717, 1.165) is 38.6 Å². The van der Waals surface area contributed by atoms with E-state index in [4.69, 9.17) is 0 Å². The van der Waals surface area contributed by atoms with Gasteiger partial charge in [0, 0.05) is 12.1 Å². The maximum Gasteiger partial charge on any atom is 0.213 e. The Morgan fingerprint density at radius 3 is 2.72 bits per heavy atom. The minimum Gasteiger partial charge on any atom is -0.313 e. The fourth-order valence-corrected chi connectivity index (χ4v) is 4.87. The van der Waals surface area contributed by atoms with E-state index < -0.39 is 10.0 Å². The van der Waals surface area contributed by atoms with Gasteiger partial charge in [-0.1, -0.05) is 26.2 Å². The van der Waals surface area contributed by atoms with Crippen molar-refractivity contribution in [1.29, 1.82) is 0 Å². The van der Waals surface area contributed by atoms with Crippen molar-refractivity contribution in [2.24, 2.45) is 5.92 Å². The predicted octanol–water partition coefficient (Wildman–Crippen LogP) is 1.63. The van der Waals surface area contributed by atoms with Crippen LogP contribution in [-0.4, -0.2) is 32.8 Å². The lowest BCUT2D eigenvalue weighted by Gasteiger charge is -2.29. The summed E-state index contributed by atoms with van der Waals surface area (Å²) in [7, 11) is -3.11. The second-order valence-electron chi connectivity index (χ2n) is 5.83. The molecule has 3 atom stereocenters. The maximum absolute atomic E-state index is 12.1. The quantitative estimate of drug-likeness (QED) is 0.801. The third-order valence-corrected chi connectivity index (χ3v) is 5.82. The van der Waals surface area contributed by atoms with E-state index in [1.54, 1.807) is 0 Å². The number of nitrogens with one attached hydrogen (secondary N) is 2. The van der Waals surface area contributed by atoms with Gasteiger partial charge in [0.05, 0.1) is 5.75 Å². The molecule has 1 aliphatic carbocycles. The third-order valence-electron chi connectivity index (χ3n) is 4.29. The molecule has 0 spiro atoms. The molecule has 2 rings (SSSR count). The molecule has 4 nitrogen and oxygen atoms in total. The average Bonchev–Trinajstić information content (AvgIpc) is 2.80. The third kappa shape index (κ3) is 4.21. The molecule has 0 aromatic carbocycles. The van der Waals surface area contributed by atoms with E-state index >= 15 is 0 Å². The van der Waals surface area contributed by atoms with Gasteiger partial charge in [0.2, 0.25) is 10.0 Å². The molecule has 0 aromatic heterocycles. The van der Waals surface area contributed by atoms with Crippen LogP contribution < -0.4 is 10.0 Å². The van der Waals surface area contributed by atoms with Crippen molar-refractivity contribution in [2.75, 3.05) is 12.3 Å². The summed E-state index contributed by atoms with van der Waals surface area (Å²) in [4.78, 5) is 0. The SMILES string of the molecule is CCC1CCCC(NS(=O)(=O)CC2CCCN2)C1. The molecular weight excluding hydrogens is 248 g/mol. The largest absolute Gasteiger partial charge is 0.313 e. The smallest absolute Gasteiger partial charge is 0.213 e. The van der Waals surface area contributed by atoms with Crippen molar-refractivity contribution in [3.8, 4) is 0 Å². The van der Waals surface area contributed by atoms with E-state index in [-0.39, 0.29) is 17.8 Å². The zero-order valence-electron chi connectivity index (χ0n) is 11.3. The van der Waals surface area contributed by atoms with Crippen LogP contribution in [0.2, 0.25) is 0 Å². The molecule has 1 saturated heterocycles. The summed E-state index contributed by atoms with van der Waals surface area (Å²) in [5.74, 6) is 0.955. The Balaban J connectivity index is 1.83. The van der Waals surface area contributed by atoms with Crippen molar-refractivity contribution in [1.82, 2.24) is 10.0 Å². The minimum absolute atomic E-state index is 0.160. The highest BCUT2D eigenvalue weighted by molar-refractivity contribution is 7.89. The van der Waals surface area contributed by atoms with Crippen molar-refractivity contribution in [3.63, 3.8) is 0 Å². The Hall–Kier alpha value is -0.130. The molecule has 0 bridgehead atoms. The van der Waals surface area contributed by atoms with Crippen LogP contribution in [0.4, 0.5) is 0 Å². The van der Waals surface area contributed by atoms with Gasteiger partial charge >= 0.3 is 0 Å². The van der Waals surface area contributed by atoms with E-state index in [2.05, 4.69) is 17.0 Å². The average molecular weight is 274 g/mol. The van der Waals surface area contributed by atoms with E-state index in [1.807, 2.05) is 0 Å². The molecule has 2 N–H and O–H groups in total. The molecule has 18 heavy (non-hydrogen) atoms. The molecule has 1 saturated carbocycles. The Labute approximate surface area is 111 Å². The van der Waals surface area contributed by atoms with Crippen LogP contribution in [0.25, 0.3) is 0 Å². The molecular formula is C13H26N2O2S. The summed E-state index contributed by atoms with van der Waals surface area (Å²) < 4.78 is 27.1. The highest BCUT2D eigenvalue weighted by Gasteiger charge is 2.27. The van der Waals surface area contributed by atoms with Gasteiger partial charge in [-0.15, -0.1) is 0 Å². The van der Waals surface area contributed by atoms with Crippen LogP contribution >= 0.6 is 0 Å². The van der Waals surface area contributed by atoms with E-state index in [0.29, 0.717) is 5.92 Å². The first-order valence-corrected chi connectivity index (χ1v) is 8.97. The van der Waals surface area contributed by atoms with Gasteiger partial charge in [-0.3, -0.25) is 0 Å². The number of rotatable bonds is 5. The Bertz CT molecular complexity index is 350. The minimum atomic E-state index is -3.11. The number of sulfonamides is 1. The lowest BCUT2D eigenvalue weighted by atomic mass is 9.85. The summed E-state index contributed by atoms with van der Waals surface area (Å²) in [6.45, 7) is 3.16. The molecule has 0 amide bonds. The molecule has 1 aliphatic heterocycles. The van der Waals surface area contributed by atoms with Crippen molar-refractivity contribution >= 4 is 10.0 Å². The highest BCUT2D eigenvalue weighted by Crippen LogP contribution is 2.27. The summed E-state index contributed by atoms with van der Waals surface area (Å²) in [5, 5.41) is 3.25. The van der Waals surface area contributed by atoms with Crippen LogP contribution in [0.15, 0.2) is 0 Å². The van der Waals surface area contributed by atoms with E-state index in [1.165, 1.54) is 12.8 Å². The van der Waals surface area contributed by atoms with E-state index in [9.17, 15) is 8.42 Å². The lowest BCUT2D eigenvalue weighted by Crippen LogP contribution is -2.43. The van der Waals surface area contributed by atoms with Crippen molar-refractivity contribution in [3.05, 3.63) is 0 Å². The van der Waals surface area contributed by atoms with Crippen LogP contribution in [0.1, 0.15) is 51.9 Å². The van der Waals surface area contributed by atoms with Crippen molar-refractivity contribution < 1.29 is 8.42 Å². The van der Waals surface area contributed by atoms with Gasteiger partial charge in [0.25, 0.3) is 0 Å². The first-order chi connectivity index (χ1) is 8.59. The van der Waals surface area contributed by atoms with Crippen LogP contribution in [0.3, 0.4) is 0 Å². The summed E-state index contributed by atoms with van der Waals surface area (Å²) in [6, 6.07) is 0.336. The molecule has 2 aliphatic rings. The highest BCUT2D eigenvalue weighted by atomic mass is 32.2. The molecule has 0 radical (unpaired) electrons. The maximum atomic E-state index is 12.1. The summed E-state index contributed by atoms with van der Waals surface area (Å²) >= 11 is 0. The first-order valence-electron chi connectivity index (χ1n) is 7.32. The monoisotopic (exact) mass is 274 g/mol. The Morgan fingerprint density at radius 2 is 2.06 bits per heavy atom. The summed E-state index contributed by atoms with van der Waals surface area (Å²) in [6.07, 6.45) is 7.71. The number of hydrogen-bond acceptors (Lipinski definition) is 3. The molecule has 5 heteroatoms. The number of hydrogen-bond donors (Lipinski definition) is 2. The summed E-state index contributed by atoms with van der Waals surface area (Å²) in [5.41, 5.74) is 0. The second-order valence-corrected chi connectivity index (χ2v) is 7.63. The predicted molar refractivity (Wildman–Crippen MR) is 74.0 cm³/mol. The fraction of sp³-hybridized carbons (Fsp3) is 1.00. The molecule has 106 valence electrons. The first kappa shape index (κ1) is 14.3. The van der Waals surface area contributed by atoms with Crippen molar-refractivity contribution in [2.45, 2.75) is 64.0 Å². The zero-order chi connectivity index (χ0) is 13.0.